The number of anilines is 1. The van der Waals surface area contributed by atoms with Gasteiger partial charge >= 0.3 is 0 Å². The normalized spacial score (nSPS) is 11.4. The summed E-state index contributed by atoms with van der Waals surface area (Å²) in [7, 11) is 0. The zero-order valence-electron chi connectivity index (χ0n) is 14.2. The van der Waals surface area contributed by atoms with E-state index in [1.165, 1.54) is 0 Å². The SMILES string of the molecule is CCNC(=NCCCn1cccn1)NCCNc1ncc(Cl)cc1Cl. The van der Waals surface area contributed by atoms with Crippen LogP contribution in [0.4, 0.5) is 5.82 Å². The summed E-state index contributed by atoms with van der Waals surface area (Å²) in [5.74, 6) is 1.41. The molecule has 9 heteroatoms. The maximum Gasteiger partial charge on any atom is 0.191 e. The van der Waals surface area contributed by atoms with Crippen molar-refractivity contribution in [3.63, 3.8) is 0 Å². The Morgan fingerprint density at radius 1 is 1.28 bits per heavy atom. The van der Waals surface area contributed by atoms with E-state index in [-0.39, 0.29) is 0 Å². The first-order valence-corrected chi connectivity index (χ1v) is 8.99. The number of aliphatic imine (C=N–C) groups is 1. The molecule has 136 valence electrons. The van der Waals surface area contributed by atoms with Gasteiger partial charge in [0.05, 0.1) is 10.0 Å². The minimum absolute atomic E-state index is 0.506. The van der Waals surface area contributed by atoms with Crippen molar-refractivity contribution in [3.05, 3.63) is 40.8 Å². The third-order valence-electron chi connectivity index (χ3n) is 3.24. The average Bonchev–Trinajstić information content (AvgIpc) is 3.10. The summed E-state index contributed by atoms with van der Waals surface area (Å²) in [5, 5.41) is 14.9. The quantitative estimate of drug-likeness (QED) is 0.352. The molecular weight excluding hydrogens is 361 g/mol. The maximum absolute atomic E-state index is 6.07. The van der Waals surface area contributed by atoms with Gasteiger partial charge in [-0.1, -0.05) is 23.2 Å². The molecule has 25 heavy (non-hydrogen) atoms. The van der Waals surface area contributed by atoms with Gasteiger partial charge in [-0.3, -0.25) is 9.67 Å². The Balaban J connectivity index is 1.70. The summed E-state index contributed by atoms with van der Waals surface area (Å²) in [6.07, 6.45) is 6.23. The molecule has 0 fully saturated rings. The summed E-state index contributed by atoms with van der Waals surface area (Å²) >= 11 is 11.9. The molecule has 0 aliphatic carbocycles. The van der Waals surface area contributed by atoms with Gasteiger partial charge in [-0.2, -0.15) is 5.10 Å². The van der Waals surface area contributed by atoms with Crippen molar-refractivity contribution in [1.29, 1.82) is 0 Å². The summed E-state index contributed by atoms with van der Waals surface area (Å²) < 4.78 is 1.91. The number of halogens is 2. The molecule has 0 bridgehead atoms. The fourth-order valence-electron chi connectivity index (χ4n) is 2.10. The van der Waals surface area contributed by atoms with Crippen LogP contribution in [0.5, 0.6) is 0 Å². The van der Waals surface area contributed by atoms with Gasteiger partial charge in [0.2, 0.25) is 0 Å². The molecule has 2 aromatic rings. The predicted molar refractivity (Wildman–Crippen MR) is 104 cm³/mol. The fraction of sp³-hybridized carbons (Fsp3) is 0.438. The molecule has 3 N–H and O–H groups in total. The smallest absolute Gasteiger partial charge is 0.191 e. The van der Waals surface area contributed by atoms with Gasteiger partial charge in [0.25, 0.3) is 0 Å². The number of nitrogens with one attached hydrogen (secondary N) is 3. The van der Waals surface area contributed by atoms with Crippen molar-refractivity contribution in [2.24, 2.45) is 4.99 Å². The van der Waals surface area contributed by atoms with Crippen LogP contribution in [0.1, 0.15) is 13.3 Å². The molecular formula is C16H23Cl2N7. The molecule has 0 saturated carbocycles. The Morgan fingerprint density at radius 3 is 2.88 bits per heavy atom. The molecule has 2 rings (SSSR count). The number of hydrogen-bond acceptors (Lipinski definition) is 4. The molecule has 0 aliphatic rings. The molecule has 2 aromatic heterocycles. The number of guanidine groups is 1. The van der Waals surface area contributed by atoms with Crippen LogP contribution in [0.15, 0.2) is 35.7 Å². The third-order valence-corrected chi connectivity index (χ3v) is 3.73. The first-order valence-electron chi connectivity index (χ1n) is 8.23. The summed E-state index contributed by atoms with van der Waals surface area (Å²) in [5.41, 5.74) is 0. The van der Waals surface area contributed by atoms with Crippen LogP contribution in [0.25, 0.3) is 0 Å². The Morgan fingerprint density at radius 2 is 2.16 bits per heavy atom. The zero-order chi connectivity index (χ0) is 17.9. The zero-order valence-corrected chi connectivity index (χ0v) is 15.7. The fourth-order valence-corrected chi connectivity index (χ4v) is 2.55. The molecule has 0 spiro atoms. The average molecular weight is 384 g/mol. The molecule has 0 saturated heterocycles. The second kappa shape index (κ2) is 10.8. The van der Waals surface area contributed by atoms with E-state index >= 15 is 0 Å². The van der Waals surface area contributed by atoms with Crippen LogP contribution in [0.3, 0.4) is 0 Å². The van der Waals surface area contributed by atoms with Crippen LogP contribution in [0, 0.1) is 0 Å². The number of nitrogens with zero attached hydrogens (tertiary/aromatic N) is 4. The minimum Gasteiger partial charge on any atom is -0.367 e. The van der Waals surface area contributed by atoms with Crippen LogP contribution in [0.2, 0.25) is 10.0 Å². The van der Waals surface area contributed by atoms with E-state index in [0.29, 0.717) is 29.0 Å². The monoisotopic (exact) mass is 383 g/mol. The molecule has 0 atom stereocenters. The molecule has 0 aliphatic heterocycles. The summed E-state index contributed by atoms with van der Waals surface area (Å²) in [4.78, 5) is 8.71. The van der Waals surface area contributed by atoms with E-state index in [9.17, 15) is 0 Å². The highest BCUT2D eigenvalue weighted by Crippen LogP contribution is 2.21. The van der Waals surface area contributed by atoms with E-state index in [2.05, 4.69) is 31.0 Å². The van der Waals surface area contributed by atoms with Crippen molar-refractivity contribution in [3.8, 4) is 0 Å². The standard InChI is InChI=1S/C16H23Cl2N7/c1-2-19-16(21-5-3-9-25-10-4-6-24-25)22-8-7-20-15-14(18)11-13(17)12-23-15/h4,6,10-12H,2-3,5,7-9H2,1H3,(H,20,23)(H2,19,21,22). The van der Waals surface area contributed by atoms with Gasteiger partial charge in [0.1, 0.15) is 5.82 Å². The summed E-state index contributed by atoms with van der Waals surface area (Å²) in [6.45, 7) is 5.78. The molecule has 7 nitrogen and oxygen atoms in total. The first kappa shape index (κ1) is 19.3. The highest BCUT2D eigenvalue weighted by molar-refractivity contribution is 6.35. The van der Waals surface area contributed by atoms with E-state index in [0.717, 1.165) is 32.0 Å². The van der Waals surface area contributed by atoms with Crippen LogP contribution < -0.4 is 16.0 Å². The lowest BCUT2D eigenvalue weighted by Gasteiger charge is -2.12. The Kier molecular flexibility index (Phi) is 8.34. The highest BCUT2D eigenvalue weighted by atomic mass is 35.5. The molecule has 2 heterocycles. The maximum atomic E-state index is 6.07. The second-order valence-corrected chi connectivity index (χ2v) is 6.06. The molecule has 0 unspecified atom stereocenters. The number of pyridine rings is 1. The van der Waals surface area contributed by atoms with E-state index in [4.69, 9.17) is 23.2 Å². The Hall–Kier alpha value is -1.99. The van der Waals surface area contributed by atoms with Crippen molar-refractivity contribution < 1.29 is 0 Å². The molecule has 0 amide bonds. The largest absolute Gasteiger partial charge is 0.367 e. The third kappa shape index (κ3) is 7.19. The molecule has 0 aromatic carbocycles. The number of hydrogen-bond donors (Lipinski definition) is 3. The van der Waals surface area contributed by atoms with Crippen molar-refractivity contribution in [2.75, 3.05) is 31.5 Å². The number of aryl methyl sites for hydroxylation is 1. The van der Waals surface area contributed by atoms with Crippen LogP contribution in [-0.2, 0) is 6.54 Å². The predicted octanol–water partition coefficient (Wildman–Crippen LogP) is 2.64. The minimum atomic E-state index is 0.506. The van der Waals surface area contributed by atoms with Gasteiger partial charge in [0, 0.05) is 51.3 Å². The molecule has 0 radical (unpaired) electrons. The van der Waals surface area contributed by atoms with E-state index in [1.807, 2.05) is 23.9 Å². The van der Waals surface area contributed by atoms with Gasteiger partial charge < -0.3 is 16.0 Å². The second-order valence-electron chi connectivity index (χ2n) is 5.22. The van der Waals surface area contributed by atoms with Gasteiger partial charge in [-0.15, -0.1) is 0 Å². The van der Waals surface area contributed by atoms with Crippen LogP contribution in [-0.4, -0.2) is 46.9 Å². The van der Waals surface area contributed by atoms with Crippen LogP contribution >= 0.6 is 23.2 Å². The first-order chi connectivity index (χ1) is 12.2. The number of rotatable bonds is 9. The lowest BCUT2D eigenvalue weighted by atomic mass is 10.4. The van der Waals surface area contributed by atoms with Gasteiger partial charge in [-0.05, 0) is 25.5 Å². The highest BCUT2D eigenvalue weighted by Gasteiger charge is 2.02. The van der Waals surface area contributed by atoms with E-state index < -0.39 is 0 Å². The van der Waals surface area contributed by atoms with Crippen molar-refractivity contribution in [1.82, 2.24) is 25.4 Å². The summed E-state index contributed by atoms with van der Waals surface area (Å²) in [6, 6.07) is 3.58. The van der Waals surface area contributed by atoms with Gasteiger partial charge in [-0.25, -0.2) is 4.98 Å². The van der Waals surface area contributed by atoms with Crippen molar-refractivity contribution in [2.45, 2.75) is 19.9 Å². The topological polar surface area (TPSA) is 79.2 Å². The lowest BCUT2D eigenvalue weighted by Crippen LogP contribution is -2.39. The van der Waals surface area contributed by atoms with Gasteiger partial charge in [0.15, 0.2) is 5.96 Å². The Labute approximate surface area is 157 Å². The van der Waals surface area contributed by atoms with Crippen molar-refractivity contribution >= 4 is 35.0 Å². The van der Waals surface area contributed by atoms with E-state index in [1.54, 1.807) is 18.5 Å². The Bertz CT molecular complexity index is 659. The lowest BCUT2D eigenvalue weighted by molar-refractivity contribution is 0.584. The number of aromatic nitrogens is 3.